The maximum Gasteiger partial charge on any atom is 0.250 e. The van der Waals surface area contributed by atoms with Gasteiger partial charge in [-0.1, -0.05) is 12.1 Å². The summed E-state index contributed by atoms with van der Waals surface area (Å²) >= 11 is 0. The Morgan fingerprint density at radius 2 is 1.81 bits per heavy atom. The Hall–Kier alpha value is -1.92. The van der Waals surface area contributed by atoms with Gasteiger partial charge in [0.1, 0.15) is 0 Å². The number of hydrogen-bond donors (Lipinski definition) is 1. The molecule has 0 atom stereocenters. The van der Waals surface area contributed by atoms with E-state index in [2.05, 4.69) is 0 Å². The molecule has 2 N–H and O–H groups in total. The maximum atomic E-state index is 12.2. The minimum absolute atomic E-state index is 0.113. The highest BCUT2D eigenvalue weighted by Crippen LogP contribution is 2.12. The smallest absolute Gasteiger partial charge is 0.250 e. The Labute approximate surface area is 124 Å². The van der Waals surface area contributed by atoms with E-state index in [0.717, 1.165) is 11.1 Å². The number of aromatic nitrogens is 1. The van der Waals surface area contributed by atoms with Gasteiger partial charge in [0, 0.05) is 25.4 Å². The molecule has 0 aliphatic carbocycles. The van der Waals surface area contributed by atoms with E-state index in [0.29, 0.717) is 6.54 Å². The van der Waals surface area contributed by atoms with Crippen molar-refractivity contribution in [3.63, 3.8) is 0 Å². The van der Waals surface area contributed by atoms with E-state index in [1.165, 1.54) is 10.6 Å². The molecule has 112 valence electrons. The molecule has 5 nitrogen and oxygen atoms in total. The molecule has 6 heteroatoms. The van der Waals surface area contributed by atoms with Gasteiger partial charge < -0.3 is 10.3 Å². The minimum Gasteiger partial charge on any atom is -0.326 e. The SMILES string of the molecule is Cc1ccn(CCS(=O)(=O)c2ccc(CN)cc2)c(=O)c1. The number of hydrogen-bond acceptors (Lipinski definition) is 4. The molecule has 2 aromatic rings. The molecule has 0 amide bonds. The molecule has 0 bridgehead atoms. The monoisotopic (exact) mass is 306 g/mol. The van der Waals surface area contributed by atoms with Crippen LogP contribution in [0, 0.1) is 6.92 Å². The van der Waals surface area contributed by atoms with Gasteiger partial charge in [-0.2, -0.15) is 0 Å². The molecular weight excluding hydrogens is 288 g/mol. The van der Waals surface area contributed by atoms with E-state index in [4.69, 9.17) is 5.73 Å². The van der Waals surface area contributed by atoms with Crippen molar-refractivity contribution >= 4 is 9.84 Å². The predicted molar refractivity (Wildman–Crippen MR) is 81.8 cm³/mol. The van der Waals surface area contributed by atoms with Gasteiger partial charge in [-0.3, -0.25) is 4.79 Å². The van der Waals surface area contributed by atoms with Gasteiger partial charge in [-0.25, -0.2) is 8.42 Å². The topological polar surface area (TPSA) is 82.2 Å². The summed E-state index contributed by atoms with van der Waals surface area (Å²) in [5, 5.41) is 0. The molecule has 0 aliphatic rings. The van der Waals surface area contributed by atoms with Crippen LogP contribution in [0.5, 0.6) is 0 Å². The summed E-state index contributed by atoms with van der Waals surface area (Å²) in [6.07, 6.45) is 1.62. The standard InChI is InChI=1S/C15H18N2O3S/c1-12-6-7-17(15(18)10-12)8-9-21(19,20)14-4-2-13(11-16)3-5-14/h2-7,10H,8-9,11,16H2,1H3. The van der Waals surface area contributed by atoms with Gasteiger partial charge >= 0.3 is 0 Å². The fraction of sp³-hybridized carbons (Fsp3) is 0.267. The molecule has 1 aromatic heterocycles. The molecule has 21 heavy (non-hydrogen) atoms. The van der Waals surface area contributed by atoms with Gasteiger partial charge in [0.2, 0.25) is 0 Å². The van der Waals surface area contributed by atoms with Gasteiger partial charge in [0.25, 0.3) is 5.56 Å². The van der Waals surface area contributed by atoms with Crippen LogP contribution in [0.25, 0.3) is 0 Å². The summed E-state index contributed by atoms with van der Waals surface area (Å²) in [5.41, 5.74) is 7.03. The third-order valence-electron chi connectivity index (χ3n) is 3.27. The number of nitrogens with zero attached hydrogens (tertiary/aromatic N) is 1. The van der Waals surface area contributed by atoms with Crippen molar-refractivity contribution < 1.29 is 8.42 Å². The van der Waals surface area contributed by atoms with Crippen LogP contribution >= 0.6 is 0 Å². The number of rotatable bonds is 5. The molecule has 1 aromatic carbocycles. The van der Waals surface area contributed by atoms with Gasteiger partial charge in [0.05, 0.1) is 10.6 Å². The van der Waals surface area contributed by atoms with Crippen LogP contribution in [0.15, 0.2) is 52.3 Å². The second-order valence-corrected chi connectivity index (χ2v) is 7.01. The van der Waals surface area contributed by atoms with Crippen molar-refractivity contribution in [3.05, 3.63) is 64.1 Å². The van der Waals surface area contributed by atoms with Gasteiger partial charge in [0.15, 0.2) is 9.84 Å². The second kappa shape index (κ2) is 6.24. The van der Waals surface area contributed by atoms with Crippen LogP contribution in [-0.4, -0.2) is 18.7 Å². The van der Waals surface area contributed by atoms with E-state index in [9.17, 15) is 13.2 Å². The number of benzene rings is 1. The lowest BCUT2D eigenvalue weighted by Gasteiger charge is -2.08. The minimum atomic E-state index is -3.41. The lowest BCUT2D eigenvalue weighted by atomic mass is 10.2. The summed E-state index contributed by atoms with van der Waals surface area (Å²) in [7, 11) is -3.41. The molecule has 1 heterocycles. The molecule has 0 saturated carbocycles. The molecular formula is C15H18N2O3S. The normalized spacial score (nSPS) is 11.5. The van der Waals surface area contributed by atoms with E-state index in [-0.39, 0.29) is 22.8 Å². The molecule has 0 fully saturated rings. The molecule has 0 radical (unpaired) electrons. The van der Waals surface area contributed by atoms with E-state index in [1.54, 1.807) is 36.5 Å². The van der Waals surface area contributed by atoms with Crippen LogP contribution in [0.2, 0.25) is 0 Å². The first kappa shape index (κ1) is 15.5. The first-order chi connectivity index (χ1) is 9.92. The summed E-state index contributed by atoms with van der Waals surface area (Å²) < 4.78 is 25.9. The first-order valence-corrected chi connectivity index (χ1v) is 8.26. The Bertz CT molecular complexity index is 777. The summed E-state index contributed by atoms with van der Waals surface area (Å²) in [6, 6.07) is 9.77. The van der Waals surface area contributed by atoms with Crippen LogP contribution in [0.4, 0.5) is 0 Å². The Morgan fingerprint density at radius 3 is 2.38 bits per heavy atom. The van der Waals surface area contributed by atoms with Crippen molar-refractivity contribution in [2.24, 2.45) is 5.73 Å². The Balaban J connectivity index is 2.15. The van der Waals surface area contributed by atoms with Gasteiger partial charge in [-0.05, 0) is 36.2 Å². The van der Waals surface area contributed by atoms with Gasteiger partial charge in [-0.15, -0.1) is 0 Å². The average Bonchev–Trinajstić information content (AvgIpc) is 2.46. The largest absolute Gasteiger partial charge is 0.326 e. The number of pyridine rings is 1. The predicted octanol–water partition coefficient (Wildman–Crippen LogP) is 1.09. The van der Waals surface area contributed by atoms with E-state index >= 15 is 0 Å². The molecule has 2 rings (SSSR count). The summed E-state index contributed by atoms with van der Waals surface area (Å²) in [6.45, 7) is 2.33. The molecule has 0 unspecified atom stereocenters. The number of nitrogens with two attached hydrogens (primary N) is 1. The van der Waals surface area contributed by atoms with Crippen molar-refractivity contribution in [1.29, 1.82) is 0 Å². The molecule has 0 aliphatic heterocycles. The van der Waals surface area contributed by atoms with Crippen molar-refractivity contribution in [3.8, 4) is 0 Å². The van der Waals surface area contributed by atoms with Crippen LogP contribution < -0.4 is 11.3 Å². The average molecular weight is 306 g/mol. The molecule has 0 spiro atoms. The zero-order chi connectivity index (χ0) is 15.5. The Morgan fingerprint density at radius 1 is 1.14 bits per heavy atom. The highest BCUT2D eigenvalue weighted by molar-refractivity contribution is 7.91. The zero-order valence-electron chi connectivity index (χ0n) is 11.8. The van der Waals surface area contributed by atoms with E-state index < -0.39 is 9.84 Å². The highest BCUT2D eigenvalue weighted by atomic mass is 32.2. The fourth-order valence-electron chi connectivity index (χ4n) is 1.96. The van der Waals surface area contributed by atoms with E-state index in [1.807, 2.05) is 6.92 Å². The first-order valence-electron chi connectivity index (χ1n) is 6.61. The summed E-state index contributed by atoms with van der Waals surface area (Å²) in [5.74, 6) is -0.113. The maximum absolute atomic E-state index is 12.2. The number of sulfone groups is 1. The molecule has 0 saturated heterocycles. The third-order valence-corrected chi connectivity index (χ3v) is 4.98. The quantitative estimate of drug-likeness (QED) is 0.896. The van der Waals surface area contributed by atoms with Crippen LogP contribution in [-0.2, 0) is 22.9 Å². The fourth-order valence-corrected chi connectivity index (χ4v) is 3.18. The lowest BCUT2D eigenvalue weighted by Crippen LogP contribution is -2.23. The van der Waals surface area contributed by atoms with Crippen molar-refractivity contribution in [2.45, 2.75) is 24.9 Å². The third kappa shape index (κ3) is 3.80. The highest BCUT2D eigenvalue weighted by Gasteiger charge is 2.14. The number of aryl methyl sites for hydroxylation is 2. The van der Waals surface area contributed by atoms with Crippen molar-refractivity contribution in [2.75, 3.05) is 5.75 Å². The summed E-state index contributed by atoms with van der Waals surface area (Å²) in [4.78, 5) is 12.0. The second-order valence-electron chi connectivity index (χ2n) is 4.90. The lowest BCUT2D eigenvalue weighted by molar-refractivity contribution is 0.587. The van der Waals surface area contributed by atoms with Crippen molar-refractivity contribution in [1.82, 2.24) is 4.57 Å². The van der Waals surface area contributed by atoms with Crippen LogP contribution in [0.1, 0.15) is 11.1 Å². The Kier molecular flexibility index (Phi) is 4.59. The zero-order valence-corrected chi connectivity index (χ0v) is 12.6. The van der Waals surface area contributed by atoms with Crippen LogP contribution in [0.3, 0.4) is 0 Å².